The Kier molecular flexibility index (Phi) is 7.48. The van der Waals surface area contributed by atoms with Crippen LogP contribution in [0.3, 0.4) is 0 Å². The molecule has 0 radical (unpaired) electrons. The number of aromatic nitrogens is 3. The number of rotatable bonds is 8. The minimum Gasteiger partial charge on any atom is -0.433 e. The molecule has 4 aromatic rings. The van der Waals surface area contributed by atoms with Crippen LogP contribution in [0.4, 0.5) is 19.1 Å². The molecule has 36 heavy (non-hydrogen) atoms. The van der Waals surface area contributed by atoms with Gasteiger partial charge in [0.1, 0.15) is 11.6 Å². The number of sulfonamides is 1. The maximum absolute atomic E-state index is 14.8. The third-order valence-corrected chi connectivity index (χ3v) is 7.07. The third kappa shape index (κ3) is 5.45. The summed E-state index contributed by atoms with van der Waals surface area (Å²) in [5.41, 5.74) is 1.12. The van der Waals surface area contributed by atoms with Crippen LogP contribution in [0.5, 0.6) is 5.75 Å². The first kappa shape index (κ1) is 25.9. The summed E-state index contributed by atoms with van der Waals surface area (Å²) >= 11 is 10.6. The fraction of sp³-hybridized carbons (Fsp3) is 0.130. The molecule has 13 heteroatoms. The van der Waals surface area contributed by atoms with Crippen molar-refractivity contribution in [2.45, 2.75) is 18.4 Å². The number of nitrogens with zero attached hydrogens (tertiary/aromatic N) is 3. The van der Waals surface area contributed by atoms with Crippen molar-refractivity contribution in [2.75, 3.05) is 10.5 Å². The fourth-order valence-electron chi connectivity index (χ4n) is 3.42. The molecule has 3 aromatic carbocycles. The molecule has 0 unspecified atom stereocenters. The maximum Gasteiger partial charge on any atom is 0.387 e. The van der Waals surface area contributed by atoms with Gasteiger partial charge in [0.15, 0.2) is 5.82 Å². The Hall–Kier alpha value is -3.22. The third-order valence-electron chi connectivity index (χ3n) is 5.08. The molecule has 0 fully saturated rings. The number of thiol groups is 1. The van der Waals surface area contributed by atoms with E-state index in [0.717, 1.165) is 10.6 Å². The zero-order chi connectivity index (χ0) is 26.0. The maximum atomic E-state index is 14.8. The van der Waals surface area contributed by atoms with Crippen LogP contribution < -0.4 is 9.46 Å². The minimum atomic E-state index is -3.85. The molecule has 0 saturated heterocycles. The van der Waals surface area contributed by atoms with Gasteiger partial charge in [-0.05, 0) is 54.4 Å². The lowest BCUT2D eigenvalue weighted by molar-refractivity contribution is -0.0498. The van der Waals surface area contributed by atoms with Crippen molar-refractivity contribution in [3.05, 3.63) is 71.5 Å². The van der Waals surface area contributed by atoms with Gasteiger partial charge in [0.2, 0.25) is 16.0 Å². The first-order chi connectivity index (χ1) is 17.1. The molecule has 4 rings (SSSR count). The van der Waals surface area contributed by atoms with Gasteiger partial charge in [0, 0.05) is 15.5 Å². The molecule has 0 aliphatic heterocycles. The van der Waals surface area contributed by atoms with Crippen LogP contribution in [-0.4, -0.2) is 35.5 Å². The van der Waals surface area contributed by atoms with E-state index < -0.39 is 22.5 Å². The number of hydrogen-bond donors (Lipinski definition) is 2. The average Bonchev–Trinajstić information content (AvgIpc) is 3.23. The Bertz CT molecular complexity index is 1510. The van der Waals surface area contributed by atoms with Gasteiger partial charge in [-0.15, -0.1) is 22.8 Å². The zero-order valence-corrected chi connectivity index (χ0v) is 21.0. The second-order valence-electron chi connectivity index (χ2n) is 7.39. The van der Waals surface area contributed by atoms with E-state index in [2.05, 4.69) is 32.3 Å². The molecule has 0 atom stereocenters. The van der Waals surface area contributed by atoms with E-state index in [1.165, 1.54) is 37.3 Å². The first-order valence-corrected chi connectivity index (χ1v) is 12.9. The van der Waals surface area contributed by atoms with E-state index in [0.29, 0.717) is 16.1 Å². The summed E-state index contributed by atoms with van der Waals surface area (Å²) in [6.45, 7) is -1.75. The van der Waals surface area contributed by atoms with Gasteiger partial charge in [-0.3, -0.25) is 9.29 Å². The number of para-hydroxylation sites is 2. The molecular weight excluding hydrogens is 537 g/mol. The zero-order valence-electron chi connectivity index (χ0n) is 18.5. The Balaban J connectivity index is 1.98. The van der Waals surface area contributed by atoms with Crippen LogP contribution in [0.25, 0.3) is 28.2 Å². The summed E-state index contributed by atoms with van der Waals surface area (Å²) in [5.74, 6) is -1.57. The second-order valence-corrected chi connectivity index (χ2v) is 10.3. The van der Waals surface area contributed by atoms with Gasteiger partial charge in [0.05, 0.1) is 11.4 Å². The van der Waals surface area contributed by atoms with Crippen LogP contribution >= 0.6 is 24.2 Å². The molecule has 7 nitrogen and oxygen atoms in total. The van der Waals surface area contributed by atoms with Gasteiger partial charge in [-0.2, -0.15) is 8.78 Å². The van der Waals surface area contributed by atoms with E-state index in [1.54, 1.807) is 24.3 Å². The highest BCUT2D eigenvalue weighted by molar-refractivity contribution is 7.92. The minimum absolute atomic E-state index is 0.00311. The fourth-order valence-corrected chi connectivity index (χ4v) is 4.46. The molecule has 0 saturated carbocycles. The molecule has 188 valence electrons. The molecule has 0 amide bonds. The van der Waals surface area contributed by atoms with Crippen molar-refractivity contribution in [1.29, 1.82) is 0 Å². The number of hydrogen-bond acceptors (Lipinski definition) is 6. The smallest absolute Gasteiger partial charge is 0.387 e. The number of benzene rings is 3. The Morgan fingerprint density at radius 3 is 2.42 bits per heavy atom. The van der Waals surface area contributed by atoms with E-state index >= 15 is 0 Å². The van der Waals surface area contributed by atoms with E-state index in [-0.39, 0.29) is 39.4 Å². The van der Waals surface area contributed by atoms with Gasteiger partial charge >= 0.3 is 6.61 Å². The first-order valence-electron chi connectivity index (χ1n) is 10.4. The number of halogens is 4. The van der Waals surface area contributed by atoms with Gasteiger partial charge < -0.3 is 4.74 Å². The number of ether oxygens (including phenoxy) is 1. The Morgan fingerprint density at radius 2 is 1.75 bits per heavy atom. The summed E-state index contributed by atoms with van der Waals surface area (Å²) in [6, 6.07) is 14.7. The summed E-state index contributed by atoms with van der Waals surface area (Å²) in [4.78, 5) is 0.282. The van der Waals surface area contributed by atoms with Crippen molar-refractivity contribution in [2.24, 2.45) is 0 Å². The lowest BCUT2D eigenvalue weighted by Crippen LogP contribution is -2.18. The quantitative estimate of drug-likeness (QED) is 0.259. The molecule has 1 heterocycles. The molecule has 1 N–H and O–H groups in total. The van der Waals surface area contributed by atoms with Crippen LogP contribution in [0, 0.1) is 5.82 Å². The lowest BCUT2D eigenvalue weighted by Gasteiger charge is -2.17. The molecular formula is C23H18ClF3N4O3S2. The normalized spacial score (nSPS) is 11.6. The van der Waals surface area contributed by atoms with Gasteiger partial charge in [0.25, 0.3) is 0 Å². The van der Waals surface area contributed by atoms with E-state index in [1.807, 2.05) is 0 Å². The van der Waals surface area contributed by atoms with Gasteiger partial charge in [-0.25, -0.2) is 12.8 Å². The highest BCUT2D eigenvalue weighted by atomic mass is 35.5. The summed E-state index contributed by atoms with van der Waals surface area (Å²) < 4.78 is 73.8. The second kappa shape index (κ2) is 10.4. The van der Waals surface area contributed by atoms with Crippen molar-refractivity contribution >= 4 is 40.2 Å². The summed E-state index contributed by atoms with van der Waals surface area (Å²) in [6.07, 6.45) is 0. The largest absolute Gasteiger partial charge is 0.433 e. The number of nitrogens with one attached hydrogen (secondary N) is 1. The van der Waals surface area contributed by atoms with Crippen molar-refractivity contribution < 1.29 is 26.3 Å². The number of alkyl halides is 2. The lowest BCUT2D eigenvalue weighted by atomic mass is 10.0. The molecule has 0 spiro atoms. The highest BCUT2D eigenvalue weighted by Crippen LogP contribution is 2.39. The topological polar surface area (TPSA) is 86.1 Å². The molecule has 1 aromatic heterocycles. The van der Waals surface area contributed by atoms with Crippen LogP contribution in [0.1, 0.15) is 6.92 Å². The molecule has 0 bridgehead atoms. The predicted molar refractivity (Wildman–Crippen MR) is 134 cm³/mol. The summed E-state index contributed by atoms with van der Waals surface area (Å²) in [7, 11) is -3.85. The van der Waals surface area contributed by atoms with Crippen LogP contribution in [0.2, 0.25) is 5.02 Å². The monoisotopic (exact) mass is 554 g/mol. The predicted octanol–water partition coefficient (Wildman–Crippen LogP) is 6.05. The van der Waals surface area contributed by atoms with E-state index in [4.69, 9.17) is 11.6 Å². The Morgan fingerprint density at radius 1 is 1.08 bits per heavy atom. The van der Waals surface area contributed by atoms with Crippen molar-refractivity contribution in [3.63, 3.8) is 0 Å². The number of anilines is 1. The molecule has 0 aliphatic carbocycles. The highest BCUT2D eigenvalue weighted by Gasteiger charge is 2.25. The van der Waals surface area contributed by atoms with Crippen LogP contribution in [0.15, 0.2) is 65.6 Å². The average molecular weight is 555 g/mol. The SMILES string of the molecule is CCS(=O)(=O)Nc1nnc(-c2cc(F)cc(-c3ccc(Cl)cc3)c2S)n1-c1ccccc1OC(F)F. The van der Waals surface area contributed by atoms with Crippen LogP contribution in [-0.2, 0) is 10.0 Å². The van der Waals surface area contributed by atoms with Gasteiger partial charge in [-0.1, -0.05) is 35.9 Å². The standard InChI is InChI=1S/C23H18ClF3N4O3S2/c1-2-36(32,33)30-23-29-28-21(31(23)18-5-3-4-6-19(18)34-22(26)27)17-12-15(25)11-16(20(17)35)13-7-9-14(24)10-8-13/h3-12,22,35H,2H2,1H3,(H,29,30). The van der Waals surface area contributed by atoms with Crippen molar-refractivity contribution in [1.82, 2.24) is 14.8 Å². The van der Waals surface area contributed by atoms with E-state index in [9.17, 15) is 21.6 Å². The van der Waals surface area contributed by atoms with Crippen molar-refractivity contribution in [3.8, 4) is 34.0 Å². The molecule has 0 aliphatic rings. The summed E-state index contributed by atoms with van der Waals surface area (Å²) in [5, 5.41) is 8.46. The Labute approximate surface area is 215 Å².